The number of likely N-dealkylation sites (tertiary alicyclic amines) is 1. The Hall–Kier alpha value is -2.82. The summed E-state index contributed by atoms with van der Waals surface area (Å²) in [6.45, 7) is 6.01. The van der Waals surface area contributed by atoms with Crippen LogP contribution in [0.5, 0.6) is 5.75 Å². The molecule has 2 aromatic carbocycles. The van der Waals surface area contributed by atoms with Gasteiger partial charge in [-0.15, -0.1) is 0 Å². The van der Waals surface area contributed by atoms with Crippen LogP contribution in [0.25, 0.3) is 0 Å². The lowest BCUT2D eigenvalue weighted by molar-refractivity contribution is -0.122. The minimum Gasteiger partial charge on any atom is -0.494 e. The van der Waals surface area contributed by atoms with Crippen LogP contribution in [-0.2, 0) is 17.6 Å². The van der Waals surface area contributed by atoms with Crippen molar-refractivity contribution in [2.75, 3.05) is 19.7 Å². The Morgan fingerprint density at radius 2 is 1.60 bits per heavy atom. The number of hydrogen-bond acceptors (Lipinski definition) is 3. The van der Waals surface area contributed by atoms with Gasteiger partial charge in [-0.05, 0) is 68.0 Å². The topological polar surface area (TPSA) is 58.6 Å². The van der Waals surface area contributed by atoms with Gasteiger partial charge >= 0.3 is 0 Å². The molecule has 1 aliphatic heterocycles. The van der Waals surface area contributed by atoms with Crippen LogP contribution < -0.4 is 10.1 Å². The molecule has 30 heavy (non-hydrogen) atoms. The van der Waals surface area contributed by atoms with Crippen LogP contribution in [0, 0.1) is 0 Å². The van der Waals surface area contributed by atoms with Crippen LogP contribution >= 0.6 is 0 Å². The van der Waals surface area contributed by atoms with E-state index in [9.17, 15) is 9.59 Å². The van der Waals surface area contributed by atoms with Gasteiger partial charge in [0.1, 0.15) is 5.75 Å². The first kappa shape index (κ1) is 21.9. The highest BCUT2D eigenvalue weighted by Crippen LogP contribution is 2.17. The summed E-state index contributed by atoms with van der Waals surface area (Å²) >= 11 is 0. The second kappa shape index (κ2) is 10.8. The predicted molar refractivity (Wildman–Crippen MR) is 119 cm³/mol. The highest BCUT2D eigenvalue weighted by Gasteiger charge is 2.24. The van der Waals surface area contributed by atoms with E-state index in [0.29, 0.717) is 31.7 Å². The third kappa shape index (κ3) is 6.09. The molecule has 0 radical (unpaired) electrons. The van der Waals surface area contributed by atoms with Gasteiger partial charge in [-0.25, -0.2) is 0 Å². The quantitative estimate of drug-likeness (QED) is 0.718. The molecular weight excluding hydrogens is 376 g/mol. The first-order valence-electron chi connectivity index (χ1n) is 11.0. The highest BCUT2D eigenvalue weighted by molar-refractivity contribution is 5.94. The van der Waals surface area contributed by atoms with E-state index >= 15 is 0 Å². The molecule has 5 nitrogen and oxygen atoms in total. The molecule has 0 atom stereocenters. The molecule has 0 saturated carbocycles. The van der Waals surface area contributed by atoms with Crippen LogP contribution in [-0.4, -0.2) is 42.5 Å². The van der Waals surface area contributed by atoms with Gasteiger partial charge in [-0.2, -0.15) is 0 Å². The molecule has 0 spiro atoms. The van der Waals surface area contributed by atoms with E-state index in [-0.39, 0.29) is 17.9 Å². The van der Waals surface area contributed by atoms with Gasteiger partial charge in [0.05, 0.1) is 6.61 Å². The molecular formula is C25H32N2O3. The summed E-state index contributed by atoms with van der Waals surface area (Å²) < 4.78 is 5.43. The molecule has 160 valence electrons. The number of hydrogen-bond donors (Lipinski definition) is 1. The van der Waals surface area contributed by atoms with E-state index in [1.54, 1.807) is 0 Å². The molecule has 1 N–H and O–H groups in total. The molecule has 5 heteroatoms. The van der Waals surface area contributed by atoms with Crippen molar-refractivity contribution in [3.05, 3.63) is 65.2 Å². The minimum absolute atomic E-state index is 0.0401. The summed E-state index contributed by atoms with van der Waals surface area (Å²) in [5.74, 6) is 0.904. The van der Waals surface area contributed by atoms with Gasteiger partial charge in [0.25, 0.3) is 5.91 Å². The lowest BCUT2D eigenvalue weighted by atomic mass is 10.0. The monoisotopic (exact) mass is 408 g/mol. The molecule has 1 fully saturated rings. The number of piperidine rings is 1. The molecule has 0 aliphatic carbocycles. The number of aryl methyl sites for hydroxylation is 2. The molecule has 0 aromatic heterocycles. The molecule has 0 unspecified atom stereocenters. The lowest BCUT2D eigenvalue weighted by Gasteiger charge is -2.32. The Balaban J connectivity index is 1.41. The number of carbonyl (C=O) groups excluding carboxylic acids is 2. The van der Waals surface area contributed by atoms with Crippen LogP contribution in [0.2, 0.25) is 0 Å². The fraction of sp³-hybridized carbons (Fsp3) is 0.440. The molecule has 1 heterocycles. The fourth-order valence-corrected chi connectivity index (χ4v) is 3.77. The third-order valence-corrected chi connectivity index (χ3v) is 5.63. The van der Waals surface area contributed by atoms with E-state index < -0.39 is 0 Å². The van der Waals surface area contributed by atoms with Crippen molar-refractivity contribution in [3.63, 3.8) is 0 Å². The van der Waals surface area contributed by atoms with Gasteiger partial charge in [0.2, 0.25) is 5.91 Å². The number of benzene rings is 2. The molecule has 2 aromatic rings. The zero-order valence-corrected chi connectivity index (χ0v) is 18.0. The third-order valence-electron chi connectivity index (χ3n) is 5.63. The number of nitrogens with zero attached hydrogens (tertiary/aromatic N) is 1. The zero-order valence-electron chi connectivity index (χ0n) is 18.0. The van der Waals surface area contributed by atoms with E-state index in [2.05, 4.69) is 36.5 Å². The number of nitrogens with one attached hydrogen (secondary N) is 1. The van der Waals surface area contributed by atoms with Crippen molar-refractivity contribution in [1.29, 1.82) is 0 Å². The zero-order chi connectivity index (χ0) is 21.3. The maximum atomic E-state index is 12.7. The molecule has 1 aliphatic rings. The number of carbonyl (C=O) groups is 2. The lowest BCUT2D eigenvalue weighted by Crippen LogP contribution is -2.46. The summed E-state index contributed by atoms with van der Waals surface area (Å²) in [5.41, 5.74) is 3.18. The van der Waals surface area contributed by atoms with Crippen LogP contribution in [0.1, 0.15) is 54.6 Å². The predicted octanol–water partition coefficient (Wildman–Crippen LogP) is 4.00. The van der Waals surface area contributed by atoms with E-state index in [1.165, 1.54) is 11.1 Å². The molecule has 2 amide bonds. The summed E-state index contributed by atoms with van der Waals surface area (Å²) in [7, 11) is 0. The normalized spacial score (nSPS) is 14.4. The Morgan fingerprint density at radius 3 is 2.20 bits per heavy atom. The average molecular weight is 409 g/mol. The second-order valence-corrected chi connectivity index (χ2v) is 7.76. The van der Waals surface area contributed by atoms with Crippen molar-refractivity contribution in [2.45, 2.75) is 52.0 Å². The molecule has 3 rings (SSSR count). The van der Waals surface area contributed by atoms with E-state index in [0.717, 1.165) is 31.4 Å². The average Bonchev–Trinajstić information content (AvgIpc) is 2.79. The largest absolute Gasteiger partial charge is 0.494 e. The Bertz CT molecular complexity index is 822. The van der Waals surface area contributed by atoms with Gasteiger partial charge in [-0.1, -0.05) is 31.2 Å². The maximum absolute atomic E-state index is 12.7. The van der Waals surface area contributed by atoms with E-state index in [4.69, 9.17) is 4.74 Å². The van der Waals surface area contributed by atoms with Gasteiger partial charge < -0.3 is 15.0 Å². The van der Waals surface area contributed by atoms with Crippen LogP contribution in [0.3, 0.4) is 0 Å². The smallest absolute Gasteiger partial charge is 0.253 e. The Morgan fingerprint density at radius 1 is 0.967 bits per heavy atom. The number of rotatable bonds is 8. The summed E-state index contributed by atoms with van der Waals surface area (Å²) in [4.78, 5) is 26.9. The van der Waals surface area contributed by atoms with Gasteiger partial charge in [-0.3, -0.25) is 9.59 Å². The van der Waals surface area contributed by atoms with Gasteiger partial charge in [0, 0.05) is 31.1 Å². The van der Waals surface area contributed by atoms with Crippen molar-refractivity contribution in [2.24, 2.45) is 0 Å². The van der Waals surface area contributed by atoms with E-state index in [1.807, 2.05) is 36.1 Å². The second-order valence-electron chi connectivity index (χ2n) is 7.76. The summed E-state index contributed by atoms with van der Waals surface area (Å²) in [6, 6.07) is 15.9. The molecule has 0 bridgehead atoms. The number of ether oxygens (including phenoxy) is 1. The van der Waals surface area contributed by atoms with Crippen molar-refractivity contribution in [1.82, 2.24) is 10.2 Å². The summed E-state index contributed by atoms with van der Waals surface area (Å²) in [6.07, 6.45) is 3.86. The fourth-order valence-electron chi connectivity index (χ4n) is 3.77. The van der Waals surface area contributed by atoms with Crippen molar-refractivity contribution < 1.29 is 14.3 Å². The SMILES string of the molecule is CCOc1ccc(C(=O)N2CCC(NC(=O)CCc3ccc(CC)cc3)CC2)cc1. The first-order chi connectivity index (χ1) is 14.6. The van der Waals surface area contributed by atoms with Crippen molar-refractivity contribution >= 4 is 11.8 Å². The standard InChI is InChI=1S/C25H32N2O3/c1-3-19-5-7-20(8-6-19)9-14-24(28)26-22-15-17-27(18-16-22)25(29)21-10-12-23(13-11-21)30-4-2/h5-8,10-13,22H,3-4,9,14-18H2,1-2H3,(H,26,28). The first-order valence-corrected chi connectivity index (χ1v) is 11.0. The Labute approximate surface area is 179 Å². The highest BCUT2D eigenvalue weighted by atomic mass is 16.5. The maximum Gasteiger partial charge on any atom is 0.253 e. The Kier molecular flexibility index (Phi) is 7.89. The molecule has 1 saturated heterocycles. The minimum atomic E-state index is 0.0401. The number of amides is 2. The van der Waals surface area contributed by atoms with Crippen LogP contribution in [0.15, 0.2) is 48.5 Å². The van der Waals surface area contributed by atoms with Gasteiger partial charge in [0.15, 0.2) is 0 Å². The van der Waals surface area contributed by atoms with Crippen molar-refractivity contribution in [3.8, 4) is 5.75 Å². The summed E-state index contributed by atoms with van der Waals surface area (Å²) in [5, 5.41) is 3.14. The van der Waals surface area contributed by atoms with Crippen LogP contribution in [0.4, 0.5) is 0 Å².